The number of amides is 2. The van der Waals surface area contributed by atoms with E-state index in [2.05, 4.69) is 10.6 Å². The van der Waals surface area contributed by atoms with E-state index in [1.807, 2.05) is 0 Å². The van der Waals surface area contributed by atoms with Crippen LogP contribution in [0.3, 0.4) is 0 Å². The molecule has 0 aromatic heterocycles. The van der Waals surface area contributed by atoms with Crippen molar-refractivity contribution >= 4 is 6.03 Å². The Morgan fingerprint density at radius 3 is 2.96 bits per heavy atom. The molecule has 0 bridgehead atoms. The maximum Gasteiger partial charge on any atom is 0.314 e. The van der Waals surface area contributed by atoms with E-state index in [-0.39, 0.29) is 18.6 Å². The number of rotatable bonds is 9. The van der Waals surface area contributed by atoms with Gasteiger partial charge in [0.2, 0.25) is 0 Å². The van der Waals surface area contributed by atoms with E-state index < -0.39 is 0 Å². The molecule has 1 aliphatic heterocycles. The van der Waals surface area contributed by atoms with Crippen molar-refractivity contribution in [1.82, 2.24) is 10.6 Å². The quantitative estimate of drug-likeness (QED) is 0.670. The summed E-state index contributed by atoms with van der Waals surface area (Å²) < 4.78 is 29.8. The summed E-state index contributed by atoms with van der Waals surface area (Å²) in [4.78, 5) is 11.8. The summed E-state index contributed by atoms with van der Waals surface area (Å²) in [6.45, 7) is 3.01. The Bertz CT molecular complexity index is 593. The number of carbonyl (C=O) groups is 1. The van der Waals surface area contributed by atoms with E-state index >= 15 is 0 Å². The summed E-state index contributed by atoms with van der Waals surface area (Å²) in [6.07, 6.45) is 3.86. The first-order valence-electron chi connectivity index (χ1n) is 8.83. The Morgan fingerprint density at radius 1 is 1.28 bits per heavy atom. The van der Waals surface area contributed by atoms with E-state index in [1.54, 1.807) is 0 Å². The minimum absolute atomic E-state index is 0.169. The van der Waals surface area contributed by atoms with Gasteiger partial charge in [0.05, 0.1) is 6.61 Å². The van der Waals surface area contributed by atoms with Gasteiger partial charge in [0.25, 0.3) is 0 Å². The van der Waals surface area contributed by atoms with Gasteiger partial charge in [-0.25, -0.2) is 9.18 Å². The molecule has 0 unspecified atom stereocenters. The van der Waals surface area contributed by atoms with E-state index in [4.69, 9.17) is 14.2 Å². The van der Waals surface area contributed by atoms with Crippen molar-refractivity contribution in [3.8, 4) is 5.75 Å². The lowest BCUT2D eigenvalue weighted by Crippen LogP contribution is -2.37. The van der Waals surface area contributed by atoms with Crippen LogP contribution in [0.2, 0.25) is 0 Å². The molecule has 2 N–H and O–H groups in total. The number of ether oxygens (including phenoxy) is 3. The summed E-state index contributed by atoms with van der Waals surface area (Å²) >= 11 is 0. The lowest BCUT2D eigenvalue weighted by atomic mass is 10.1. The monoisotopic (exact) mass is 352 g/mol. The largest absolute Gasteiger partial charge is 0.467 e. The van der Waals surface area contributed by atoms with Crippen LogP contribution in [-0.4, -0.2) is 39.1 Å². The van der Waals surface area contributed by atoms with Crippen molar-refractivity contribution in [3.05, 3.63) is 29.1 Å². The van der Waals surface area contributed by atoms with Gasteiger partial charge in [-0.3, -0.25) is 0 Å². The van der Waals surface area contributed by atoms with Crippen molar-refractivity contribution in [2.45, 2.75) is 32.3 Å². The van der Waals surface area contributed by atoms with Crippen molar-refractivity contribution in [1.29, 1.82) is 0 Å². The highest BCUT2D eigenvalue weighted by atomic mass is 19.1. The number of fused-ring (bicyclic) bond motifs is 1. The average Bonchev–Trinajstić information content (AvgIpc) is 3.42. The Morgan fingerprint density at radius 2 is 2.12 bits per heavy atom. The Balaban J connectivity index is 1.32. The predicted octanol–water partition coefficient (Wildman–Crippen LogP) is 2.35. The van der Waals surface area contributed by atoms with Gasteiger partial charge in [-0.05, 0) is 49.3 Å². The topological polar surface area (TPSA) is 68.8 Å². The van der Waals surface area contributed by atoms with Gasteiger partial charge in [-0.1, -0.05) is 0 Å². The zero-order valence-corrected chi connectivity index (χ0v) is 14.3. The molecule has 2 amide bonds. The van der Waals surface area contributed by atoms with Crippen LogP contribution < -0.4 is 15.4 Å². The van der Waals surface area contributed by atoms with Gasteiger partial charge >= 0.3 is 6.03 Å². The van der Waals surface area contributed by atoms with Crippen LogP contribution in [0.25, 0.3) is 0 Å². The van der Waals surface area contributed by atoms with Crippen molar-refractivity contribution < 1.29 is 23.4 Å². The van der Waals surface area contributed by atoms with E-state index in [9.17, 15) is 9.18 Å². The molecule has 3 rings (SSSR count). The molecule has 7 heteroatoms. The van der Waals surface area contributed by atoms with E-state index in [0.29, 0.717) is 44.0 Å². The number of carbonyl (C=O) groups excluding carboxylic acids is 1. The maximum atomic E-state index is 13.6. The van der Waals surface area contributed by atoms with Gasteiger partial charge in [0.15, 0.2) is 6.79 Å². The molecule has 1 saturated carbocycles. The summed E-state index contributed by atoms with van der Waals surface area (Å²) in [5.74, 6) is 1.11. The van der Waals surface area contributed by atoms with E-state index in [1.165, 1.54) is 25.0 Å². The average molecular weight is 352 g/mol. The van der Waals surface area contributed by atoms with Crippen LogP contribution >= 0.6 is 0 Å². The number of hydrogen-bond donors (Lipinski definition) is 2. The first-order valence-corrected chi connectivity index (χ1v) is 8.83. The van der Waals surface area contributed by atoms with Crippen LogP contribution in [0.4, 0.5) is 9.18 Å². The van der Waals surface area contributed by atoms with Crippen molar-refractivity contribution in [2.75, 3.05) is 33.1 Å². The molecular weight excluding hydrogens is 327 g/mol. The van der Waals surface area contributed by atoms with Gasteiger partial charge in [0, 0.05) is 31.9 Å². The first-order chi connectivity index (χ1) is 12.2. The highest BCUT2D eigenvalue weighted by molar-refractivity contribution is 5.73. The molecular formula is C18H25FN2O4. The maximum absolute atomic E-state index is 13.6. The van der Waals surface area contributed by atoms with Crippen LogP contribution in [-0.2, 0) is 22.5 Å². The number of halogens is 1. The first kappa shape index (κ1) is 17.9. The minimum atomic E-state index is -0.321. The number of hydrogen-bond acceptors (Lipinski definition) is 4. The molecule has 1 aromatic rings. The summed E-state index contributed by atoms with van der Waals surface area (Å²) in [6, 6.07) is 2.64. The zero-order valence-electron chi connectivity index (χ0n) is 14.3. The smallest absolute Gasteiger partial charge is 0.314 e. The summed E-state index contributed by atoms with van der Waals surface area (Å²) in [5.41, 5.74) is 1.45. The predicted molar refractivity (Wildman–Crippen MR) is 89.9 cm³/mol. The van der Waals surface area contributed by atoms with Crippen LogP contribution in [0.1, 0.15) is 30.4 Å². The molecule has 25 heavy (non-hydrogen) atoms. The molecule has 2 aliphatic rings. The summed E-state index contributed by atoms with van der Waals surface area (Å²) in [7, 11) is 0. The van der Waals surface area contributed by atoms with Crippen molar-refractivity contribution in [2.24, 2.45) is 5.92 Å². The van der Waals surface area contributed by atoms with Gasteiger partial charge < -0.3 is 24.8 Å². The van der Waals surface area contributed by atoms with E-state index in [0.717, 1.165) is 24.5 Å². The third kappa shape index (κ3) is 5.86. The SMILES string of the molecule is O=C(NCCCOCC1CC1)NCCc1cc(F)cc2c1OCOC2. The summed E-state index contributed by atoms with van der Waals surface area (Å²) in [5, 5.41) is 5.57. The molecule has 1 aromatic carbocycles. The third-order valence-corrected chi connectivity index (χ3v) is 4.23. The van der Waals surface area contributed by atoms with Gasteiger partial charge in [-0.2, -0.15) is 0 Å². The molecule has 1 fully saturated rings. The molecule has 138 valence electrons. The minimum Gasteiger partial charge on any atom is -0.467 e. The molecule has 1 aliphatic carbocycles. The Hall–Kier alpha value is -1.86. The van der Waals surface area contributed by atoms with Gasteiger partial charge in [0.1, 0.15) is 11.6 Å². The standard InChI is InChI=1S/C18H25FN2O4/c19-16-8-14(17-15(9-16)11-24-12-25-17)4-6-21-18(22)20-5-1-7-23-10-13-2-3-13/h8-9,13H,1-7,10-12H2,(H2,20,21,22). The highest BCUT2D eigenvalue weighted by Crippen LogP contribution is 2.29. The third-order valence-electron chi connectivity index (χ3n) is 4.23. The van der Waals surface area contributed by atoms with Crippen molar-refractivity contribution in [3.63, 3.8) is 0 Å². The van der Waals surface area contributed by atoms with Gasteiger partial charge in [-0.15, -0.1) is 0 Å². The molecule has 1 heterocycles. The van der Waals surface area contributed by atoms with Crippen LogP contribution in [0.5, 0.6) is 5.75 Å². The molecule has 0 atom stereocenters. The highest BCUT2D eigenvalue weighted by Gasteiger charge is 2.20. The zero-order chi connectivity index (χ0) is 17.5. The fourth-order valence-corrected chi connectivity index (χ4v) is 2.73. The lowest BCUT2D eigenvalue weighted by molar-refractivity contribution is -0.0172. The molecule has 0 saturated heterocycles. The van der Waals surface area contributed by atoms with Crippen LogP contribution in [0.15, 0.2) is 12.1 Å². The molecule has 0 radical (unpaired) electrons. The Kier molecular flexibility index (Phi) is 6.47. The molecule has 6 nitrogen and oxygen atoms in total. The molecule has 0 spiro atoms. The second kappa shape index (κ2) is 9.01. The number of nitrogens with one attached hydrogen (secondary N) is 2. The fraction of sp³-hybridized carbons (Fsp3) is 0.611. The fourth-order valence-electron chi connectivity index (χ4n) is 2.73. The van der Waals surface area contributed by atoms with Crippen LogP contribution in [0, 0.1) is 11.7 Å². The number of urea groups is 1. The lowest BCUT2D eigenvalue weighted by Gasteiger charge is -2.21. The second-order valence-corrected chi connectivity index (χ2v) is 6.47. The Labute approximate surface area is 147 Å². The second-order valence-electron chi connectivity index (χ2n) is 6.47. The normalized spacial score (nSPS) is 16.0. The number of benzene rings is 1.